The van der Waals surface area contributed by atoms with Gasteiger partial charge in [-0.3, -0.25) is 4.79 Å². The summed E-state index contributed by atoms with van der Waals surface area (Å²) >= 11 is 0. The van der Waals surface area contributed by atoms with E-state index in [0.717, 1.165) is 31.4 Å². The molecule has 1 fully saturated rings. The maximum atomic E-state index is 11.9. The zero-order valence-electron chi connectivity index (χ0n) is 11.3. The molecule has 2 rings (SSSR count). The molecule has 0 saturated carbocycles. The summed E-state index contributed by atoms with van der Waals surface area (Å²) < 4.78 is 5.83. The number of benzene rings is 1. The van der Waals surface area contributed by atoms with Crippen LogP contribution < -0.4 is 10.1 Å². The summed E-state index contributed by atoms with van der Waals surface area (Å²) in [4.78, 5) is 11.9. The highest BCUT2D eigenvalue weighted by Crippen LogP contribution is 2.28. The highest BCUT2D eigenvalue weighted by Gasteiger charge is 2.23. The Kier molecular flexibility index (Phi) is 4.80. The number of rotatable bonds is 4. The van der Waals surface area contributed by atoms with Crippen molar-refractivity contribution in [3.8, 4) is 5.75 Å². The van der Waals surface area contributed by atoms with E-state index in [1.54, 1.807) is 0 Å². The van der Waals surface area contributed by atoms with Gasteiger partial charge in [-0.1, -0.05) is 25.1 Å². The van der Waals surface area contributed by atoms with E-state index in [1.165, 1.54) is 0 Å². The SMILES string of the molecule is CC[C@H](O)c1ccccc1OC1CCCCNC1=O. The summed E-state index contributed by atoms with van der Waals surface area (Å²) in [7, 11) is 0. The molecular weight excluding hydrogens is 242 g/mol. The zero-order valence-corrected chi connectivity index (χ0v) is 11.3. The normalized spacial score (nSPS) is 21.4. The lowest BCUT2D eigenvalue weighted by Crippen LogP contribution is -2.36. The van der Waals surface area contributed by atoms with Crippen LogP contribution in [0.15, 0.2) is 24.3 Å². The lowest BCUT2D eigenvalue weighted by molar-refractivity contribution is -0.127. The van der Waals surface area contributed by atoms with Gasteiger partial charge in [-0.25, -0.2) is 0 Å². The van der Waals surface area contributed by atoms with Crippen molar-refractivity contribution in [1.29, 1.82) is 0 Å². The van der Waals surface area contributed by atoms with Gasteiger partial charge in [0.15, 0.2) is 6.10 Å². The molecule has 1 aromatic carbocycles. The van der Waals surface area contributed by atoms with Crippen molar-refractivity contribution in [1.82, 2.24) is 5.32 Å². The van der Waals surface area contributed by atoms with Crippen molar-refractivity contribution in [2.75, 3.05) is 6.54 Å². The van der Waals surface area contributed by atoms with Crippen molar-refractivity contribution >= 4 is 5.91 Å². The van der Waals surface area contributed by atoms with Crippen LogP contribution >= 0.6 is 0 Å². The quantitative estimate of drug-likeness (QED) is 0.875. The predicted octanol–water partition coefficient (Wildman–Crippen LogP) is 2.18. The molecule has 104 valence electrons. The Morgan fingerprint density at radius 1 is 1.42 bits per heavy atom. The van der Waals surface area contributed by atoms with E-state index < -0.39 is 12.2 Å². The Morgan fingerprint density at radius 2 is 2.21 bits per heavy atom. The van der Waals surface area contributed by atoms with Crippen LogP contribution in [0.4, 0.5) is 0 Å². The topological polar surface area (TPSA) is 58.6 Å². The first-order chi connectivity index (χ1) is 9.22. The summed E-state index contributed by atoms with van der Waals surface area (Å²) in [5.74, 6) is 0.553. The second kappa shape index (κ2) is 6.57. The minimum Gasteiger partial charge on any atom is -0.480 e. The number of amides is 1. The number of carbonyl (C=O) groups excluding carboxylic acids is 1. The number of carbonyl (C=O) groups is 1. The van der Waals surface area contributed by atoms with Crippen LogP contribution in [0.5, 0.6) is 5.75 Å². The predicted molar refractivity (Wildman–Crippen MR) is 73.0 cm³/mol. The summed E-state index contributed by atoms with van der Waals surface area (Å²) in [5, 5.41) is 12.8. The molecule has 1 saturated heterocycles. The Balaban J connectivity index is 2.15. The number of aliphatic hydroxyl groups is 1. The Bertz CT molecular complexity index is 433. The standard InChI is InChI=1S/C15H21NO3/c1-2-12(17)11-7-3-4-8-13(11)19-14-9-5-6-10-16-15(14)18/h3-4,7-8,12,14,17H,2,5-6,9-10H2,1H3,(H,16,18)/t12-,14?/m0/s1. The van der Waals surface area contributed by atoms with Crippen LogP contribution in [0, 0.1) is 0 Å². The molecule has 2 atom stereocenters. The van der Waals surface area contributed by atoms with Crippen molar-refractivity contribution in [2.24, 2.45) is 0 Å². The van der Waals surface area contributed by atoms with Crippen LogP contribution in [0.2, 0.25) is 0 Å². The van der Waals surface area contributed by atoms with Crippen LogP contribution in [0.1, 0.15) is 44.3 Å². The average molecular weight is 263 g/mol. The van der Waals surface area contributed by atoms with E-state index in [2.05, 4.69) is 5.32 Å². The number of hydrogen-bond acceptors (Lipinski definition) is 3. The van der Waals surface area contributed by atoms with Gasteiger partial charge in [0.1, 0.15) is 5.75 Å². The molecular formula is C15H21NO3. The fourth-order valence-electron chi connectivity index (χ4n) is 2.26. The third-order valence-electron chi connectivity index (χ3n) is 3.42. The van der Waals surface area contributed by atoms with Crippen molar-refractivity contribution in [2.45, 2.75) is 44.8 Å². The second-order valence-electron chi connectivity index (χ2n) is 4.86. The van der Waals surface area contributed by atoms with Gasteiger partial charge in [0.2, 0.25) is 0 Å². The molecule has 4 heteroatoms. The van der Waals surface area contributed by atoms with Gasteiger partial charge >= 0.3 is 0 Å². The molecule has 0 spiro atoms. The largest absolute Gasteiger partial charge is 0.480 e. The molecule has 0 aliphatic carbocycles. The second-order valence-corrected chi connectivity index (χ2v) is 4.86. The Labute approximate surface area is 113 Å². The fourth-order valence-corrected chi connectivity index (χ4v) is 2.26. The molecule has 0 aromatic heterocycles. The van der Waals surface area contributed by atoms with Crippen molar-refractivity contribution < 1.29 is 14.6 Å². The lowest BCUT2D eigenvalue weighted by atomic mass is 10.1. The van der Waals surface area contributed by atoms with Gasteiger partial charge in [0.05, 0.1) is 6.10 Å². The van der Waals surface area contributed by atoms with Crippen LogP contribution in [0.25, 0.3) is 0 Å². The zero-order chi connectivity index (χ0) is 13.7. The fraction of sp³-hybridized carbons (Fsp3) is 0.533. The van der Waals surface area contributed by atoms with E-state index in [0.29, 0.717) is 12.2 Å². The molecule has 2 N–H and O–H groups in total. The summed E-state index contributed by atoms with van der Waals surface area (Å²) in [6, 6.07) is 7.38. The van der Waals surface area contributed by atoms with Crippen LogP contribution in [0.3, 0.4) is 0 Å². The van der Waals surface area contributed by atoms with E-state index >= 15 is 0 Å². The minimum absolute atomic E-state index is 0.0571. The Morgan fingerprint density at radius 3 is 3.00 bits per heavy atom. The molecule has 19 heavy (non-hydrogen) atoms. The van der Waals surface area contributed by atoms with Crippen LogP contribution in [-0.4, -0.2) is 23.7 Å². The van der Waals surface area contributed by atoms with Crippen molar-refractivity contribution in [3.63, 3.8) is 0 Å². The van der Waals surface area contributed by atoms with E-state index in [1.807, 2.05) is 31.2 Å². The summed E-state index contributed by atoms with van der Waals surface area (Å²) in [5.41, 5.74) is 0.752. The number of para-hydroxylation sites is 1. The van der Waals surface area contributed by atoms with Crippen molar-refractivity contribution in [3.05, 3.63) is 29.8 Å². The molecule has 4 nitrogen and oxygen atoms in total. The number of ether oxygens (including phenoxy) is 1. The summed E-state index contributed by atoms with van der Waals surface area (Å²) in [6.07, 6.45) is 2.31. The smallest absolute Gasteiger partial charge is 0.261 e. The molecule has 0 radical (unpaired) electrons. The summed E-state index contributed by atoms with van der Waals surface area (Å²) in [6.45, 7) is 2.64. The molecule has 1 aromatic rings. The van der Waals surface area contributed by atoms with Gasteiger partial charge in [0.25, 0.3) is 5.91 Å². The lowest BCUT2D eigenvalue weighted by Gasteiger charge is -2.20. The maximum Gasteiger partial charge on any atom is 0.261 e. The molecule has 0 bridgehead atoms. The maximum absolute atomic E-state index is 11.9. The first-order valence-corrected chi connectivity index (χ1v) is 6.93. The molecule has 1 heterocycles. The average Bonchev–Trinajstić information content (AvgIpc) is 2.64. The first kappa shape index (κ1) is 13.9. The van der Waals surface area contributed by atoms with E-state index in [4.69, 9.17) is 4.74 Å². The van der Waals surface area contributed by atoms with Gasteiger partial charge in [-0.15, -0.1) is 0 Å². The Hall–Kier alpha value is -1.55. The van der Waals surface area contributed by atoms with Gasteiger partial charge in [-0.05, 0) is 31.7 Å². The van der Waals surface area contributed by atoms with Gasteiger partial charge in [-0.2, -0.15) is 0 Å². The number of hydrogen-bond donors (Lipinski definition) is 2. The highest BCUT2D eigenvalue weighted by molar-refractivity contribution is 5.81. The molecule has 1 aliphatic rings. The molecule has 1 amide bonds. The molecule has 1 aliphatic heterocycles. The molecule has 1 unspecified atom stereocenters. The number of nitrogens with one attached hydrogen (secondary N) is 1. The monoisotopic (exact) mass is 263 g/mol. The first-order valence-electron chi connectivity index (χ1n) is 6.93. The third kappa shape index (κ3) is 3.47. The van der Waals surface area contributed by atoms with E-state index in [-0.39, 0.29) is 5.91 Å². The minimum atomic E-state index is -0.551. The number of aliphatic hydroxyl groups excluding tert-OH is 1. The highest BCUT2D eigenvalue weighted by atomic mass is 16.5. The van der Waals surface area contributed by atoms with E-state index in [9.17, 15) is 9.90 Å². The van der Waals surface area contributed by atoms with Crippen LogP contribution in [-0.2, 0) is 4.79 Å². The van der Waals surface area contributed by atoms with Gasteiger partial charge in [0, 0.05) is 12.1 Å². The third-order valence-corrected chi connectivity index (χ3v) is 3.42. The van der Waals surface area contributed by atoms with Gasteiger partial charge < -0.3 is 15.2 Å².